The highest BCUT2D eigenvalue weighted by Crippen LogP contribution is 2.37. The maximum absolute atomic E-state index is 5.86. The zero-order chi connectivity index (χ0) is 13.4. The van der Waals surface area contributed by atoms with Gasteiger partial charge in [-0.25, -0.2) is 4.68 Å². The van der Waals surface area contributed by atoms with Gasteiger partial charge in [-0.1, -0.05) is 12.8 Å². The largest absolute Gasteiger partial charge is 0.399 e. The number of nitrogen functional groups attached to an aromatic ring is 1. The van der Waals surface area contributed by atoms with Crippen LogP contribution in [-0.4, -0.2) is 20.2 Å². The van der Waals surface area contributed by atoms with Gasteiger partial charge in [0.2, 0.25) is 0 Å². The van der Waals surface area contributed by atoms with Crippen LogP contribution >= 0.6 is 0 Å². The van der Waals surface area contributed by atoms with E-state index in [4.69, 9.17) is 5.73 Å². The molecule has 1 aliphatic carbocycles. The SMILES string of the molecule is Cc1cc(-c2nnnn2C(C)CC2CC2)ccc1N. The second-order valence-electron chi connectivity index (χ2n) is 5.55. The number of tetrazole rings is 1. The molecule has 19 heavy (non-hydrogen) atoms. The van der Waals surface area contributed by atoms with Crippen molar-refractivity contribution in [2.75, 3.05) is 5.73 Å². The molecule has 1 aromatic heterocycles. The summed E-state index contributed by atoms with van der Waals surface area (Å²) in [6.07, 6.45) is 3.86. The third-order valence-corrected chi connectivity index (χ3v) is 3.81. The van der Waals surface area contributed by atoms with Crippen molar-refractivity contribution in [1.29, 1.82) is 0 Å². The summed E-state index contributed by atoms with van der Waals surface area (Å²) in [5, 5.41) is 12.1. The molecular formula is C14H19N5. The van der Waals surface area contributed by atoms with Crippen LogP contribution < -0.4 is 5.73 Å². The molecule has 0 saturated heterocycles. The summed E-state index contributed by atoms with van der Waals surface area (Å²) < 4.78 is 1.93. The number of nitrogens with zero attached hydrogens (tertiary/aromatic N) is 4. The van der Waals surface area contributed by atoms with E-state index in [9.17, 15) is 0 Å². The summed E-state index contributed by atoms with van der Waals surface area (Å²) in [6, 6.07) is 6.28. The first kappa shape index (κ1) is 12.1. The Labute approximate surface area is 112 Å². The van der Waals surface area contributed by atoms with Crippen molar-refractivity contribution >= 4 is 5.69 Å². The number of nitrogens with two attached hydrogens (primary N) is 1. The van der Waals surface area contributed by atoms with Gasteiger partial charge in [-0.05, 0) is 60.4 Å². The smallest absolute Gasteiger partial charge is 0.182 e. The van der Waals surface area contributed by atoms with Crippen LogP contribution in [0.2, 0.25) is 0 Å². The van der Waals surface area contributed by atoms with Gasteiger partial charge in [0.15, 0.2) is 5.82 Å². The zero-order valence-corrected chi connectivity index (χ0v) is 11.4. The molecule has 1 fully saturated rings. The first-order valence-electron chi connectivity index (χ1n) is 6.79. The Morgan fingerprint density at radius 1 is 1.42 bits per heavy atom. The van der Waals surface area contributed by atoms with Gasteiger partial charge in [-0.2, -0.15) is 0 Å². The van der Waals surface area contributed by atoms with Crippen LogP contribution in [0, 0.1) is 12.8 Å². The molecule has 0 amide bonds. The Bertz CT molecular complexity index is 585. The zero-order valence-electron chi connectivity index (χ0n) is 11.4. The number of anilines is 1. The fourth-order valence-corrected chi connectivity index (χ4v) is 2.43. The summed E-state index contributed by atoms with van der Waals surface area (Å²) in [7, 11) is 0. The summed E-state index contributed by atoms with van der Waals surface area (Å²) in [5.74, 6) is 1.69. The Morgan fingerprint density at radius 2 is 2.21 bits per heavy atom. The van der Waals surface area contributed by atoms with Crippen LogP contribution in [0.3, 0.4) is 0 Å². The maximum Gasteiger partial charge on any atom is 0.182 e. The Hall–Kier alpha value is -1.91. The maximum atomic E-state index is 5.86. The predicted molar refractivity (Wildman–Crippen MR) is 74.5 cm³/mol. The van der Waals surface area contributed by atoms with E-state index in [2.05, 4.69) is 22.4 Å². The molecule has 1 aliphatic rings. The van der Waals surface area contributed by atoms with Gasteiger partial charge >= 0.3 is 0 Å². The molecule has 5 nitrogen and oxygen atoms in total. The monoisotopic (exact) mass is 257 g/mol. The average molecular weight is 257 g/mol. The molecular weight excluding hydrogens is 238 g/mol. The molecule has 1 unspecified atom stereocenters. The normalized spacial score (nSPS) is 16.5. The quantitative estimate of drug-likeness (QED) is 0.855. The van der Waals surface area contributed by atoms with Gasteiger partial charge in [-0.3, -0.25) is 0 Å². The Balaban J connectivity index is 1.91. The lowest BCUT2D eigenvalue weighted by molar-refractivity contribution is 0.430. The minimum absolute atomic E-state index is 0.343. The van der Waals surface area contributed by atoms with Gasteiger partial charge in [0, 0.05) is 11.3 Å². The highest BCUT2D eigenvalue weighted by atomic mass is 15.5. The van der Waals surface area contributed by atoms with E-state index < -0.39 is 0 Å². The van der Waals surface area contributed by atoms with Gasteiger partial charge in [0.05, 0.1) is 6.04 Å². The number of hydrogen-bond donors (Lipinski definition) is 1. The van der Waals surface area contributed by atoms with Crippen LogP contribution in [0.15, 0.2) is 18.2 Å². The highest BCUT2D eigenvalue weighted by Gasteiger charge is 2.26. The van der Waals surface area contributed by atoms with Crippen molar-refractivity contribution in [3.8, 4) is 11.4 Å². The van der Waals surface area contributed by atoms with Crippen LogP contribution in [0.4, 0.5) is 5.69 Å². The number of hydrogen-bond acceptors (Lipinski definition) is 4. The molecule has 0 spiro atoms. The van der Waals surface area contributed by atoms with E-state index >= 15 is 0 Å². The topological polar surface area (TPSA) is 69.6 Å². The van der Waals surface area contributed by atoms with Crippen LogP contribution in [0.5, 0.6) is 0 Å². The van der Waals surface area contributed by atoms with E-state index in [0.717, 1.165) is 35.0 Å². The van der Waals surface area contributed by atoms with Crippen molar-refractivity contribution in [2.24, 2.45) is 5.92 Å². The van der Waals surface area contributed by atoms with Gasteiger partial charge in [0.25, 0.3) is 0 Å². The van der Waals surface area contributed by atoms with E-state index in [-0.39, 0.29) is 0 Å². The molecule has 2 N–H and O–H groups in total. The summed E-state index contributed by atoms with van der Waals surface area (Å²) in [6.45, 7) is 4.18. The molecule has 1 aromatic carbocycles. The highest BCUT2D eigenvalue weighted by molar-refractivity contribution is 5.61. The first-order valence-corrected chi connectivity index (χ1v) is 6.79. The van der Waals surface area contributed by atoms with Gasteiger partial charge in [0.1, 0.15) is 0 Å². The van der Waals surface area contributed by atoms with Crippen molar-refractivity contribution in [3.05, 3.63) is 23.8 Å². The lowest BCUT2D eigenvalue weighted by Crippen LogP contribution is -2.10. The number of rotatable bonds is 4. The molecule has 0 aliphatic heterocycles. The van der Waals surface area contributed by atoms with Gasteiger partial charge < -0.3 is 5.73 Å². The summed E-state index contributed by atoms with van der Waals surface area (Å²) in [5.41, 5.74) is 8.74. The lowest BCUT2D eigenvalue weighted by Gasteiger charge is -2.13. The second kappa shape index (κ2) is 4.64. The standard InChI is InChI=1S/C14H19N5/c1-9-7-12(5-6-13(9)15)14-16-17-18-19(14)10(2)8-11-3-4-11/h5-7,10-11H,3-4,8,15H2,1-2H3. The molecule has 2 aromatic rings. The van der Waals surface area contributed by atoms with E-state index in [1.54, 1.807) is 0 Å². The number of aromatic nitrogens is 4. The van der Waals surface area contributed by atoms with Crippen LogP contribution in [-0.2, 0) is 0 Å². The molecule has 0 radical (unpaired) electrons. The van der Waals surface area contributed by atoms with Gasteiger partial charge in [-0.15, -0.1) is 5.10 Å². The van der Waals surface area contributed by atoms with Crippen molar-refractivity contribution in [3.63, 3.8) is 0 Å². The van der Waals surface area contributed by atoms with Crippen LogP contribution in [0.25, 0.3) is 11.4 Å². The minimum atomic E-state index is 0.343. The third-order valence-electron chi connectivity index (χ3n) is 3.81. The Kier molecular flexibility index (Phi) is 2.97. The average Bonchev–Trinajstić information content (AvgIpc) is 3.06. The second-order valence-corrected chi connectivity index (χ2v) is 5.55. The molecule has 1 atom stereocenters. The fourth-order valence-electron chi connectivity index (χ4n) is 2.43. The number of benzene rings is 1. The van der Waals surface area contributed by atoms with Crippen LogP contribution in [0.1, 0.15) is 37.8 Å². The van der Waals surface area contributed by atoms with E-state index in [1.807, 2.05) is 29.8 Å². The summed E-state index contributed by atoms with van der Waals surface area (Å²) >= 11 is 0. The molecule has 3 rings (SSSR count). The van der Waals surface area contributed by atoms with Crippen molar-refractivity contribution in [1.82, 2.24) is 20.2 Å². The molecule has 1 saturated carbocycles. The van der Waals surface area contributed by atoms with Crippen molar-refractivity contribution < 1.29 is 0 Å². The van der Waals surface area contributed by atoms with E-state index in [0.29, 0.717) is 6.04 Å². The third kappa shape index (κ3) is 2.45. The molecule has 100 valence electrons. The van der Waals surface area contributed by atoms with Crippen molar-refractivity contribution in [2.45, 2.75) is 39.2 Å². The fraction of sp³-hybridized carbons (Fsp3) is 0.500. The lowest BCUT2D eigenvalue weighted by atomic mass is 10.1. The number of aryl methyl sites for hydroxylation is 1. The first-order chi connectivity index (χ1) is 9.15. The summed E-state index contributed by atoms with van der Waals surface area (Å²) in [4.78, 5) is 0. The van der Waals surface area contributed by atoms with E-state index in [1.165, 1.54) is 12.8 Å². The predicted octanol–water partition coefficient (Wildman–Crippen LogP) is 2.59. The molecule has 0 bridgehead atoms. The molecule has 1 heterocycles. The minimum Gasteiger partial charge on any atom is -0.399 e. The molecule has 5 heteroatoms. The Morgan fingerprint density at radius 3 is 2.89 bits per heavy atom.